The summed E-state index contributed by atoms with van der Waals surface area (Å²) in [6.07, 6.45) is 10.5. The number of aliphatic hydroxyl groups excluding tert-OH is 1. The fraction of sp³-hybridized carbons (Fsp3) is 0.769. The van der Waals surface area contributed by atoms with Gasteiger partial charge in [0.15, 0.2) is 0 Å². The van der Waals surface area contributed by atoms with Crippen LogP contribution in [0.25, 0.3) is 0 Å². The van der Waals surface area contributed by atoms with Gasteiger partial charge in [-0.2, -0.15) is 5.10 Å². The average molecular weight is 237 g/mol. The smallest absolute Gasteiger partial charge is 0.0558 e. The van der Waals surface area contributed by atoms with Crippen molar-refractivity contribution in [1.29, 1.82) is 0 Å². The fourth-order valence-corrected chi connectivity index (χ4v) is 2.72. The van der Waals surface area contributed by atoms with Crippen molar-refractivity contribution < 1.29 is 5.11 Å². The Hall–Kier alpha value is -0.870. The van der Waals surface area contributed by atoms with Gasteiger partial charge >= 0.3 is 0 Å². The van der Waals surface area contributed by atoms with Gasteiger partial charge in [-0.25, -0.2) is 0 Å². The Labute approximate surface area is 103 Å². The maximum atomic E-state index is 9.16. The zero-order chi connectivity index (χ0) is 11.9. The maximum absolute atomic E-state index is 9.16. The zero-order valence-electron chi connectivity index (χ0n) is 10.5. The molecule has 0 bridgehead atoms. The molecule has 1 heterocycles. The quantitative estimate of drug-likeness (QED) is 0.815. The van der Waals surface area contributed by atoms with Crippen molar-refractivity contribution in [3.05, 3.63) is 18.5 Å². The number of aromatic nitrogens is 2. The third kappa shape index (κ3) is 3.82. The van der Waals surface area contributed by atoms with Crippen molar-refractivity contribution in [2.75, 3.05) is 19.7 Å². The summed E-state index contributed by atoms with van der Waals surface area (Å²) in [7, 11) is 0. The molecule has 1 N–H and O–H groups in total. The van der Waals surface area contributed by atoms with Gasteiger partial charge < -0.3 is 5.11 Å². The van der Waals surface area contributed by atoms with E-state index in [4.69, 9.17) is 5.11 Å². The van der Waals surface area contributed by atoms with Gasteiger partial charge in [0, 0.05) is 31.5 Å². The maximum Gasteiger partial charge on any atom is 0.0558 e. The van der Waals surface area contributed by atoms with Crippen molar-refractivity contribution in [2.45, 2.75) is 44.7 Å². The molecule has 1 aliphatic rings. The lowest BCUT2D eigenvalue weighted by Gasteiger charge is -2.33. The van der Waals surface area contributed by atoms with Gasteiger partial charge in [0.25, 0.3) is 0 Å². The Bertz CT molecular complexity index is 294. The van der Waals surface area contributed by atoms with Gasteiger partial charge in [-0.05, 0) is 18.9 Å². The molecule has 17 heavy (non-hydrogen) atoms. The van der Waals surface area contributed by atoms with Crippen molar-refractivity contribution >= 4 is 0 Å². The molecule has 1 aromatic rings. The number of rotatable bonds is 6. The van der Waals surface area contributed by atoms with Gasteiger partial charge in [0.05, 0.1) is 13.2 Å². The summed E-state index contributed by atoms with van der Waals surface area (Å²) in [5.74, 6) is 0. The molecule has 0 amide bonds. The minimum atomic E-state index is 0.260. The Morgan fingerprint density at radius 2 is 2.06 bits per heavy atom. The van der Waals surface area contributed by atoms with Crippen LogP contribution in [0.1, 0.15) is 32.1 Å². The van der Waals surface area contributed by atoms with E-state index in [1.165, 1.54) is 32.1 Å². The Balaban J connectivity index is 1.82. The molecule has 2 rings (SSSR count). The van der Waals surface area contributed by atoms with Crippen LogP contribution in [0.15, 0.2) is 18.5 Å². The minimum absolute atomic E-state index is 0.260. The van der Waals surface area contributed by atoms with E-state index in [-0.39, 0.29) is 6.61 Å². The molecule has 0 spiro atoms. The van der Waals surface area contributed by atoms with Gasteiger partial charge in [0.1, 0.15) is 0 Å². The zero-order valence-corrected chi connectivity index (χ0v) is 10.5. The molecular formula is C13H23N3O. The molecule has 0 saturated heterocycles. The van der Waals surface area contributed by atoms with Crippen LogP contribution in [-0.2, 0) is 6.54 Å². The van der Waals surface area contributed by atoms with E-state index >= 15 is 0 Å². The number of hydrogen-bond donors (Lipinski definition) is 1. The number of hydrogen-bond acceptors (Lipinski definition) is 3. The third-order valence-corrected chi connectivity index (χ3v) is 3.65. The van der Waals surface area contributed by atoms with E-state index in [0.717, 1.165) is 19.6 Å². The molecule has 1 aromatic heterocycles. The van der Waals surface area contributed by atoms with Crippen LogP contribution in [-0.4, -0.2) is 45.5 Å². The number of nitrogens with zero attached hydrogens (tertiary/aromatic N) is 3. The highest BCUT2D eigenvalue weighted by molar-refractivity contribution is 4.79. The predicted molar refractivity (Wildman–Crippen MR) is 67.8 cm³/mol. The fourth-order valence-electron chi connectivity index (χ4n) is 2.72. The van der Waals surface area contributed by atoms with Crippen LogP contribution in [0, 0.1) is 0 Å². The second-order valence-electron chi connectivity index (χ2n) is 4.82. The first-order chi connectivity index (χ1) is 8.40. The molecule has 1 saturated carbocycles. The first-order valence-electron chi connectivity index (χ1n) is 6.72. The van der Waals surface area contributed by atoms with E-state index in [9.17, 15) is 0 Å². The number of aliphatic hydroxyl groups is 1. The molecule has 0 radical (unpaired) electrons. The third-order valence-electron chi connectivity index (χ3n) is 3.65. The van der Waals surface area contributed by atoms with Crippen LogP contribution in [0.3, 0.4) is 0 Å². The molecule has 1 aliphatic carbocycles. The second kappa shape index (κ2) is 6.77. The Morgan fingerprint density at radius 1 is 1.24 bits per heavy atom. The van der Waals surface area contributed by atoms with Crippen LogP contribution in [0.5, 0.6) is 0 Å². The molecule has 96 valence electrons. The van der Waals surface area contributed by atoms with E-state index in [1.54, 1.807) is 0 Å². The summed E-state index contributed by atoms with van der Waals surface area (Å²) in [6, 6.07) is 2.63. The first-order valence-corrected chi connectivity index (χ1v) is 6.72. The SMILES string of the molecule is OCCN(CCn1cccn1)C1CCCCC1. The molecule has 0 aliphatic heterocycles. The molecule has 1 fully saturated rings. The van der Waals surface area contributed by atoms with Crippen molar-refractivity contribution in [1.82, 2.24) is 14.7 Å². The van der Waals surface area contributed by atoms with Gasteiger partial charge in [-0.15, -0.1) is 0 Å². The van der Waals surface area contributed by atoms with Gasteiger partial charge in [0.2, 0.25) is 0 Å². The predicted octanol–water partition coefficient (Wildman–Crippen LogP) is 1.51. The second-order valence-corrected chi connectivity index (χ2v) is 4.82. The van der Waals surface area contributed by atoms with E-state index in [1.807, 2.05) is 23.1 Å². The minimum Gasteiger partial charge on any atom is -0.395 e. The summed E-state index contributed by atoms with van der Waals surface area (Å²) in [6.45, 7) is 2.97. The first kappa shape index (κ1) is 12.6. The molecule has 4 heteroatoms. The Morgan fingerprint density at radius 3 is 2.71 bits per heavy atom. The van der Waals surface area contributed by atoms with Crippen LogP contribution in [0.2, 0.25) is 0 Å². The highest BCUT2D eigenvalue weighted by Crippen LogP contribution is 2.22. The van der Waals surface area contributed by atoms with Gasteiger partial charge in [-0.3, -0.25) is 9.58 Å². The molecule has 4 nitrogen and oxygen atoms in total. The lowest BCUT2D eigenvalue weighted by Crippen LogP contribution is -2.40. The van der Waals surface area contributed by atoms with Crippen molar-refractivity contribution in [2.24, 2.45) is 0 Å². The molecule has 0 aromatic carbocycles. The Kier molecular flexibility index (Phi) is 5.01. The lowest BCUT2D eigenvalue weighted by atomic mass is 9.94. The van der Waals surface area contributed by atoms with Gasteiger partial charge in [-0.1, -0.05) is 19.3 Å². The van der Waals surface area contributed by atoms with E-state index < -0.39 is 0 Å². The van der Waals surface area contributed by atoms with Crippen LogP contribution < -0.4 is 0 Å². The van der Waals surface area contributed by atoms with Crippen molar-refractivity contribution in [3.63, 3.8) is 0 Å². The topological polar surface area (TPSA) is 41.3 Å². The van der Waals surface area contributed by atoms with E-state index in [2.05, 4.69) is 10.00 Å². The summed E-state index contributed by atoms with van der Waals surface area (Å²) in [4.78, 5) is 2.43. The average Bonchev–Trinajstić information content (AvgIpc) is 2.88. The van der Waals surface area contributed by atoms with Crippen molar-refractivity contribution in [3.8, 4) is 0 Å². The molecule has 0 unspecified atom stereocenters. The highest BCUT2D eigenvalue weighted by Gasteiger charge is 2.20. The lowest BCUT2D eigenvalue weighted by molar-refractivity contribution is 0.119. The van der Waals surface area contributed by atoms with Crippen LogP contribution >= 0.6 is 0 Å². The summed E-state index contributed by atoms with van der Waals surface area (Å²) in [5.41, 5.74) is 0. The van der Waals surface area contributed by atoms with Crippen LogP contribution in [0.4, 0.5) is 0 Å². The normalized spacial score (nSPS) is 17.8. The molecule has 0 atom stereocenters. The highest BCUT2D eigenvalue weighted by atomic mass is 16.3. The monoisotopic (exact) mass is 237 g/mol. The summed E-state index contributed by atoms with van der Waals surface area (Å²) in [5, 5.41) is 13.4. The largest absolute Gasteiger partial charge is 0.395 e. The molecular weight excluding hydrogens is 214 g/mol. The summed E-state index contributed by atoms with van der Waals surface area (Å²) >= 11 is 0. The van der Waals surface area contributed by atoms with E-state index in [0.29, 0.717) is 6.04 Å². The summed E-state index contributed by atoms with van der Waals surface area (Å²) < 4.78 is 1.97. The standard InChI is InChI=1S/C13H23N3O/c17-12-11-15(13-5-2-1-3-6-13)9-10-16-8-4-7-14-16/h4,7-8,13,17H,1-3,5-6,9-12H2.